The predicted molar refractivity (Wildman–Crippen MR) is 102 cm³/mol. The minimum absolute atomic E-state index is 0.00771. The largest absolute Gasteiger partial charge is 0.457 e. The van der Waals surface area contributed by atoms with Crippen molar-refractivity contribution in [1.29, 1.82) is 0 Å². The van der Waals surface area contributed by atoms with Gasteiger partial charge in [0.15, 0.2) is 12.2 Å². The highest BCUT2D eigenvalue weighted by Gasteiger charge is 2.51. The van der Waals surface area contributed by atoms with Crippen molar-refractivity contribution in [3.8, 4) is 0 Å². The summed E-state index contributed by atoms with van der Waals surface area (Å²) in [7, 11) is 0. The van der Waals surface area contributed by atoms with E-state index in [2.05, 4.69) is 9.68 Å². The number of carbonyl (C=O) groups is 2. The number of hydrogen-bond donors (Lipinski definition) is 0. The van der Waals surface area contributed by atoms with Crippen molar-refractivity contribution in [2.24, 2.45) is 0 Å². The molecule has 0 aromatic heterocycles. The van der Waals surface area contributed by atoms with Gasteiger partial charge in [0.1, 0.15) is 12.2 Å². The number of ether oxygens (including phenoxy) is 4. The van der Waals surface area contributed by atoms with Gasteiger partial charge in [-0.15, -0.1) is 20.2 Å². The zero-order valence-electron chi connectivity index (χ0n) is 17.6. The average molecular weight is 464 g/mol. The second kappa shape index (κ2) is 13.6. The van der Waals surface area contributed by atoms with Crippen molar-refractivity contribution in [3.63, 3.8) is 0 Å². The summed E-state index contributed by atoms with van der Waals surface area (Å²) in [5.41, 5.74) is 0. The molecule has 2 rings (SSSR count). The van der Waals surface area contributed by atoms with E-state index in [9.17, 15) is 29.8 Å². The third-order valence-electron chi connectivity index (χ3n) is 4.97. The van der Waals surface area contributed by atoms with Crippen LogP contribution in [0.5, 0.6) is 0 Å². The molecule has 0 aliphatic carbocycles. The van der Waals surface area contributed by atoms with Crippen LogP contribution in [0.4, 0.5) is 0 Å². The van der Waals surface area contributed by atoms with Crippen LogP contribution in [0, 0.1) is 20.2 Å². The van der Waals surface area contributed by atoms with Gasteiger partial charge in [-0.2, -0.15) is 0 Å². The standard InChI is InChI=1S/C18H28N2O12/c21-15(7-3-1-5-9-29-19(23)24)31-13-11-27-18-14(12-28-17(13)18)32-16(22)8-4-2-6-10-30-20(25)26/h13-14,17-18H,1-12H2/t13-,14-,17-,18-/m1/s1. The van der Waals surface area contributed by atoms with Gasteiger partial charge in [0.2, 0.25) is 0 Å². The van der Waals surface area contributed by atoms with Crippen LogP contribution >= 0.6 is 0 Å². The summed E-state index contributed by atoms with van der Waals surface area (Å²) >= 11 is 0. The van der Waals surface area contributed by atoms with E-state index in [1.165, 1.54) is 0 Å². The predicted octanol–water partition coefficient (Wildman–Crippen LogP) is 1.15. The molecule has 0 amide bonds. The molecular formula is C18H28N2O12. The first kappa shape index (κ1) is 25.5. The lowest BCUT2D eigenvalue weighted by atomic mass is 10.1. The Balaban J connectivity index is 1.58. The second-order valence-electron chi connectivity index (χ2n) is 7.39. The maximum Gasteiger partial charge on any atom is 0.306 e. The molecule has 0 spiro atoms. The zero-order chi connectivity index (χ0) is 23.3. The molecule has 32 heavy (non-hydrogen) atoms. The van der Waals surface area contributed by atoms with Crippen LogP contribution in [0.1, 0.15) is 51.4 Å². The van der Waals surface area contributed by atoms with Gasteiger partial charge in [0.05, 0.1) is 26.4 Å². The number of carbonyl (C=O) groups excluding carboxylic acids is 2. The highest BCUT2D eigenvalue weighted by atomic mass is 17.0. The summed E-state index contributed by atoms with van der Waals surface area (Å²) in [6, 6.07) is 0. The molecule has 2 aliphatic rings. The van der Waals surface area contributed by atoms with Crippen molar-refractivity contribution in [1.82, 2.24) is 0 Å². The highest BCUT2D eigenvalue weighted by molar-refractivity contribution is 5.70. The van der Waals surface area contributed by atoms with E-state index in [-0.39, 0.29) is 39.3 Å². The van der Waals surface area contributed by atoms with E-state index >= 15 is 0 Å². The zero-order valence-corrected chi connectivity index (χ0v) is 17.6. The first-order valence-electron chi connectivity index (χ1n) is 10.5. The Kier molecular flexibility index (Phi) is 10.9. The van der Waals surface area contributed by atoms with Gasteiger partial charge in [-0.25, -0.2) is 0 Å². The molecule has 14 nitrogen and oxygen atoms in total. The Morgan fingerprint density at radius 3 is 1.50 bits per heavy atom. The molecule has 0 aromatic carbocycles. The Morgan fingerprint density at radius 2 is 1.12 bits per heavy atom. The first-order valence-corrected chi connectivity index (χ1v) is 10.5. The molecule has 2 heterocycles. The molecule has 0 saturated carbocycles. The van der Waals surface area contributed by atoms with E-state index < -0.39 is 46.5 Å². The fraction of sp³-hybridized carbons (Fsp3) is 0.889. The summed E-state index contributed by atoms with van der Waals surface area (Å²) in [6.45, 7) is 0.267. The first-order chi connectivity index (χ1) is 15.4. The fourth-order valence-electron chi connectivity index (χ4n) is 3.46. The second-order valence-corrected chi connectivity index (χ2v) is 7.39. The number of rotatable bonds is 16. The normalized spacial score (nSPS) is 23.9. The van der Waals surface area contributed by atoms with Crippen LogP contribution in [0.2, 0.25) is 0 Å². The molecular weight excluding hydrogens is 436 g/mol. The van der Waals surface area contributed by atoms with Crippen LogP contribution in [0.3, 0.4) is 0 Å². The molecule has 0 bridgehead atoms. The van der Waals surface area contributed by atoms with Crippen molar-refractivity contribution in [2.75, 3.05) is 26.4 Å². The van der Waals surface area contributed by atoms with E-state index in [4.69, 9.17) is 18.9 Å². The quantitative estimate of drug-likeness (QED) is 0.138. The maximum absolute atomic E-state index is 12.0. The summed E-state index contributed by atoms with van der Waals surface area (Å²) in [4.78, 5) is 52.5. The summed E-state index contributed by atoms with van der Waals surface area (Å²) < 4.78 is 22.1. The molecule has 0 N–H and O–H groups in total. The Morgan fingerprint density at radius 1 is 0.719 bits per heavy atom. The average Bonchev–Trinajstić information content (AvgIpc) is 3.30. The van der Waals surface area contributed by atoms with Crippen LogP contribution in [-0.4, -0.2) is 73.0 Å². The lowest BCUT2D eigenvalue weighted by Gasteiger charge is -2.17. The Bertz CT molecular complexity index is 591. The van der Waals surface area contributed by atoms with Crippen molar-refractivity contribution < 1.29 is 48.4 Å². The van der Waals surface area contributed by atoms with E-state index in [1.54, 1.807) is 0 Å². The van der Waals surface area contributed by atoms with Crippen molar-refractivity contribution in [2.45, 2.75) is 75.8 Å². The number of unbranched alkanes of at least 4 members (excludes halogenated alkanes) is 4. The molecule has 2 aliphatic heterocycles. The van der Waals surface area contributed by atoms with Gasteiger partial charge in [-0.1, -0.05) is 12.8 Å². The molecule has 2 fully saturated rings. The maximum atomic E-state index is 12.0. The number of hydrogen-bond acceptors (Lipinski definition) is 12. The van der Waals surface area contributed by atoms with Crippen molar-refractivity contribution in [3.05, 3.63) is 20.2 Å². The summed E-state index contributed by atoms with van der Waals surface area (Å²) in [5, 5.41) is 18.4. The highest BCUT2D eigenvalue weighted by Crippen LogP contribution is 2.31. The van der Waals surface area contributed by atoms with E-state index in [1.807, 2.05) is 0 Å². The Hall–Kier alpha value is -2.74. The van der Waals surface area contributed by atoms with Gasteiger partial charge in [0, 0.05) is 12.8 Å². The van der Waals surface area contributed by atoms with E-state index in [0.29, 0.717) is 38.5 Å². The minimum atomic E-state index is -0.852. The monoisotopic (exact) mass is 464 g/mol. The third-order valence-corrected chi connectivity index (χ3v) is 4.97. The number of nitrogens with zero attached hydrogens (tertiary/aromatic N) is 2. The van der Waals surface area contributed by atoms with Gasteiger partial charge in [-0.3, -0.25) is 9.59 Å². The summed E-state index contributed by atoms with van der Waals surface area (Å²) in [5.74, 6) is -0.834. The topological polar surface area (TPSA) is 176 Å². The molecule has 0 radical (unpaired) electrons. The van der Waals surface area contributed by atoms with Crippen LogP contribution in [0.25, 0.3) is 0 Å². The molecule has 182 valence electrons. The molecule has 0 aromatic rings. The lowest BCUT2D eigenvalue weighted by Crippen LogP contribution is -2.35. The summed E-state index contributed by atoms with van der Waals surface area (Å²) in [6.07, 6.45) is 1.28. The Labute approximate surface area is 183 Å². The smallest absolute Gasteiger partial charge is 0.306 e. The van der Waals surface area contributed by atoms with Crippen LogP contribution in [-0.2, 0) is 38.2 Å². The van der Waals surface area contributed by atoms with Crippen LogP contribution < -0.4 is 0 Å². The van der Waals surface area contributed by atoms with Crippen LogP contribution in [0.15, 0.2) is 0 Å². The minimum Gasteiger partial charge on any atom is -0.457 e. The molecule has 2 saturated heterocycles. The van der Waals surface area contributed by atoms with Gasteiger partial charge < -0.3 is 28.6 Å². The van der Waals surface area contributed by atoms with Crippen molar-refractivity contribution >= 4 is 11.9 Å². The molecule has 0 unspecified atom stereocenters. The van der Waals surface area contributed by atoms with E-state index in [0.717, 1.165) is 0 Å². The van der Waals surface area contributed by atoms with Gasteiger partial charge >= 0.3 is 11.9 Å². The number of esters is 2. The molecule has 14 heteroatoms. The third kappa shape index (κ3) is 9.18. The number of fused-ring (bicyclic) bond motifs is 1. The van der Waals surface area contributed by atoms with Gasteiger partial charge in [-0.05, 0) is 25.7 Å². The SMILES string of the molecule is O=C(CCCCCO[N+](=O)[O-])O[C@@H]1CO[C@H]2[C@@H]1OC[C@H]2OC(=O)CCCCCO[N+](=O)[O-]. The van der Waals surface area contributed by atoms with Gasteiger partial charge in [0.25, 0.3) is 10.2 Å². The fourth-order valence-corrected chi connectivity index (χ4v) is 3.46. The molecule has 4 atom stereocenters. The lowest BCUT2D eigenvalue weighted by molar-refractivity contribution is -0.757.